The van der Waals surface area contributed by atoms with E-state index in [0.717, 1.165) is 17.7 Å². The summed E-state index contributed by atoms with van der Waals surface area (Å²) in [5.41, 5.74) is 12.1. The second-order valence-electron chi connectivity index (χ2n) is 10.9. The number of primary amides is 1. The van der Waals surface area contributed by atoms with Crippen LogP contribution < -0.4 is 38.1 Å². The third-order valence-corrected chi connectivity index (χ3v) is 9.99. The van der Waals surface area contributed by atoms with Gasteiger partial charge in [-0.1, -0.05) is 0 Å². The lowest BCUT2D eigenvalue weighted by Crippen LogP contribution is -2.33. The lowest BCUT2D eigenvalue weighted by Gasteiger charge is -2.19. The molecule has 0 aromatic carbocycles. The molecular formula is C29H42N12O4S3. The average Bonchev–Trinajstić information content (AvgIpc) is 3.73. The molecule has 3 unspecified atom stereocenters. The minimum absolute atomic E-state index is 0.158. The van der Waals surface area contributed by atoms with Crippen molar-refractivity contribution >= 4 is 69.9 Å². The Morgan fingerprint density at radius 3 is 1.94 bits per heavy atom. The summed E-state index contributed by atoms with van der Waals surface area (Å²) in [7, 11) is 0. The van der Waals surface area contributed by atoms with E-state index in [9.17, 15) is 19.2 Å². The van der Waals surface area contributed by atoms with Gasteiger partial charge in [0.2, 0.25) is 5.91 Å². The maximum Gasteiger partial charge on any atom is 0.263 e. The summed E-state index contributed by atoms with van der Waals surface area (Å²) >= 11 is 3.56. The van der Waals surface area contributed by atoms with Crippen molar-refractivity contribution in [2.45, 2.75) is 78.4 Å². The fourth-order valence-corrected chi connectivity index (χ4v) is 7.68. The molecular weight excluding hydrogens is 677 g/mol. The zero-order valence-electron chi connectivity index (χ0n) is 27.4. The van der Waals surface area contributed by atoms with Crippen molar-refractivity contribution in [2.75, 3.05) is 13.1 Å². The van der Waals surface area contributed by atoms with Crippen LogP contribution in [0, 0.1) is 24.7 Å². The van der Waals surface area contributed by atoms with Crippen molar-refractivity contribution < 1.29 is 19.2 Å². The van der Waals surface area contributed by atoms with Gasteiger partial charge in [-0.05, 0) is 47.0 Å². The first-order chi connectivity index (χ1) is 22.7. The molecule has 3 atom stereocenters. The van der Waals surface area contributed by atoms with Gasteiger partial charge in [-0.25, -0.2) is 15.0 Å². The summed E-state index contributed by atoms with van der Waals surface area (Å²) < 4.78 is 0. The number of guanidine groups is 1. The van der Waals surface area contributed by atoms with E-state index in [2.05, 4.69) is 36.6 Å². The Balaban J connectivity index is 1.88. The Morgan fingerprint density at radius 2 is 1.38 bits per heavy atom. The maximum absolute atomic E-state index is 13.8. The van der Waals surface area contributed by atoms with Crippen LogP contribution in [0.2, 0.25) is 0 Å². The number of nitrogens with one attached hydrogen (secondary N) is 7. The molecule has 19 heteroatoms. The molecule has 0 saturated carbocycles. The molecule has 11 N–H and O–H groups in total. The molecule has 0 bridgehead atoms. The Kier molecular flexibility index (Phi) is 13.9. The highest BCUT2D eigenvalue weighted by Crippen LogP contribution is 2.30. The van der Waals surface area contributed by atoms with Gasteiger partial charge in [0.25, 0.3) is 17.7 Å². The minimum Gasteiger partial charge on any atom is -0.377 e. The summed E-state index contributed by atoms with van der Waals surface area (Å²) in [5.74, 6) is -1.95. The number of thiazole rings is 3. The number of aryl methyl sites for hydroxylation is 3. The van der Waals surface area contributed by atoms with Gasteiger partial charge in [-0.3, -0.25) is 30.0 Å². The van der Waals surface area contributed by atoms with Gasteiger partial charge in [-0.2, -0.15) is 0 Å². The number of hydrogen-bond donors (Lipinski definition) is 9. The van der Waals surface area contributed by atoms with E-state index < -0.39 is 35.8 Å². The second kappa shape index (κ2) is 17.6. The number of hydrogen-bond acceptors (Lipinski definition) is 12. The molecule has 3 aromatic rings. The van der Waals surface area contributed by atoms with E-state index in [-0.39, 0.29) is 16.7 Å². The van der Waals surface area contributed by atoms with Crippen LogP contribution in [0.25, 0.3) is 0 Å². The fourth-order valence-electron chi connectivity index (χ4n) is 4.82. The number of carbonyl (C=O) groups excluding carboxylic acids is 4. The molecule has 3 heterocycles. The van der Waals surface area contributed by atoms with Gasteiger partial charge >= 0.3 is 0 Å². The molecule has 3 rings (SSSR count). The van der Waals surface area contributed by atoms with Crippen LogP contribution in [0.15, 0.2) is 0 Å². The standard InChI is InChI=1S/C29H42N12O4S3/c1-13(20-23(26(31)43)46-16(4)39-20)36-27(44)24-21(41-19(48-24)9-7-10-34-12-30)14(2)37-28(45)25-22(40-17(5)47-25)18(38-15(3)42)8-6-11-35-29(32)33/h12-14,18H,6-11H2,1-5H3,(H2,30,34)(H2,31,43)(H,36,44)(H,37,45)(H,38,42)(H4,32,33,35). The van der Waals surface area contributed by atoms with E-state index >= 15 is 0 Å². The van der Waals surface area contributed by atoms with Crippen LogP contribution in [0.1, 0.15) is 119 Å². The smallest absolute Gasteiger partial charge is 0.263 e. The number of aromatic nitrogens is 3. The van der Waals surface area contributed by atoms with E-state index in [1.165, 1.54) is 29.6 Å². The molecule has 0 aliphatic carbocycles. The van der Waals surface area contributed by atoms with Crippen LogP contribution in [-0.2, 0) is 11.2 Å². The van der Waals surface area contributed by atoms with Crippen LogP contribution in [0.3, 0.4) is 0 Å². The number of rotatable bonds is 18. The first-order valence-corrected chi connectivity index (χ1v) is 17.6. The summed E-state index contributed by atoms with van der Waals surface area (Å²) in [6, 6.07) is -1.89. The molecule has 16 nitrogen and oxygen atoms in total. The van der Waals surface area contributed by atoms with Gasteiger partial charge in [-0.15, -0.1) is 34.0 Å². The third kappa shape index (κ3) is 10.5. The molecule has 0 fully saturated rings. The minimum atomic E-state index is -0.699. The quantitative estimate of drug-likeness (QED) is 0.0526. The topological polar surface area (TPSA) is 267 Å². The van der Waals surface area contributed by atoms with E-state index in [4.69, 9.17) is 27.3 Å². The number of nitrogens with zero attached hydrogens (tertiary/aromatic N) is 3. The highest BCUT2D eigenvalue weighted by molar-refractivity contribution is 7.14. The van der Waals surface area contributed by atoms with Gasteiger partial charge in [0.1, 0.15) is 14.6 Å². The van der Waals surface area contributed by atoms with Crippen LogP contribution in [0.4, 0.5) is 0 Å². The molecule has 3 aromatic heterocycles. The Labute approximate surface area is 290 Å². The normalized spacial score (nSPS) is 12.8. The van der Waals surface area contributed by atoms with Gasteiger partial charge in [0, 0.05) is 26.4 Å². The van der Waals surface area contributed by atoms with E-state index in [0.29, 0.717) is 80.6 Å². The molecule has 4 amide bonds. The first kappa shape index (κ1) is 38.0. The summed E-state index contributed by atoms with van der Waals surface area (Å²) in [4.78, 5) is 66.1. The van der Waals surface area contributed by atoms with Gasteiger partial charge in [0.15, 0.2) is 5.96 Å². The van der Waals surface area contributed by atoms with Crippen molar-refractivity contribution in [1.82, 2.24) is 41.5 Å². The van der Waals surface area contributed by atoms with Crippen LogP contribution >= 0.6 is 34.0 Å². The second-order valence-corrected chi connectivity index (χ2v) is 14.4. The zero-order valence-corrected chi connectivity index (χ0v) is 29.9. The number of carbonyl (C=O) groups is 4. The van der Waals surface area contributed by atoms with Crippen molar-refractivity contribution in [3.8, 4) is 0 Å². The molecule has 0 aliphatic heterocycles. The molecule has 0 aliphatic rings. The average molecular weight is 719 g/mol. The van der Waals surface area contributed by atoms with Crippen LogP contribution in [-0.4, -0.2) is 64.0 Å². The molecule has 48 heavy (non-hydrogen) atoms. The Morgan fingerprint density at radius 1 is 0.812 bits per heavy atom. The lowest BCUT2D eigenvalue weighted by molar-refractivity contribution is -0.119. The highest BCUT2D eigenvalue weighted by Gasteiger charge is 2.29. The number of amides is 4. The van der Waals surface area contributed by atoms with Crippen molar-refractivity contribution in [3.63, 3.8) is 0 Å². The predicted molar refractivity (Wildman–Crippen MR) is 187 cm³/mol. The lowest BCUT2D eigenvalue weighted by atomic mass is 10.1. The summed E-state index contributed by atoms with van der Waals surface area (Å²) in [6.45, 7) is 9.32. The van der Waals surface area contributed by atoms with Gasteiger partial charge in [0.05, 0.1) is 56.6 Å². The maximum atomic E-state index is 13.8. The van der Waals surface area contributed by atoms with Crippen LogP contribution in [0.5, 0.6) is 0 Å². The van der Waals surface area contributed by atoms with Crippen molar-refractivity contribution in [3.05, 3.63) is 46.7 Å². The third-order valence-electron chi connectivity index (χ3n) is 6.88. The van der Waals surface area contributed by atoms with E-state index in [1.807, 2.05) is 0 Å². The molecule has 260 valence electrons. The Bertz CT molecular complexity index is 1650. The molecule has 0 spiro atoms. The van der Waals surface area contributed by atoms with E-state index in [1.54, 1.807) is 27.7 Å². The summed E-state index contributed by atoms with van der Waals surface area (Å²) in [6.07, 6.45) is 3.30. The zero-order chi connectivity index (χ0) is 35.5. The largest absolute Gasteiger partial charge is 0.377 e. The fraction of sp³-hybridized carbons (Fsp3) is 0.483. The number of nitrogens with two attached hydrogens (primary N) is 2. The predicted octanol–water partition coefficient (Wildman–Crippen LogP) is 2.32. The Hall–Kier alpha value is -4.49. The monoisotopic (exact) mass is 718 g/mol. The highest BCUT2D eigenvalue weighted by atomic mass is 32.1. The SMILES string of the molecule is CC(=O)NC(CCCNC(=N)N)c1nc(C)sc1C(=O)NC(C)c1nc(CCCNC=N)sc1C(=O)NC(C)c1nc(C)sc1C(N)=O. The van der Waals surface area contributed by atoms with Crippen molar-refractivity contribution in [2.24, 2.45) is 11.5 Å². The van der Waals surface area contributed by atoms with Crippen molar-refractivity contribution in [1.29, 1.82) is 10.8 Å². The molecule has 0 saturated heterocycles. The summed E-state index contributed by atoms with van der Waals surface area (Å²) in [5, 5.41) is 30.8. The molecule has 0 radical (unpaired) electrons. The first-order valence-electron chi connectivity index (χ1n) is 15.1. The van der Waals surface area contributed by atoms with Gasteiger partial charge < -0.3 is 38.1 Å².